The quantitative estimate of drug-likeness (QED) is 0.211. The number of hydrogen-bond acceptors (Lipinski definition) is 12. The van der Waals surface area contributed by atoms with Crippen LogP contribution >= 0.6 is 0 Å². The van der Waals surface area contributed by atoms with Crippen LogP contribution in [0.2, 0.25) is 0 Å². The summed E-state index contributed by atoms with van der Waals surface area (Å²) in [4.78, 5) is 14.3. The lowest BCUT2D eigenvalue weighted by atomic mass is 9.75. The molecule has 4 saturated heterocycles. The van der Waals surface area contributed by atoms with Crippen molar-refractivity contribution >= 4 is 5.97 Å². The van der Waals surface area contributed by atoms with Crippen molar-refractivity contribution in [1.29, 1.82) is 0 Å². The summed E-state index contributed by atoms with van der Waals surface area (Å²) in [6.07, 6.45) is 14.6. The maximum Gasteiger partial charge on any atom is 0.313 e. The Bertz CT molecular complexity index is 1630. The number of fused-ring (bicyclic) bond motifs is 2. The second-order valence-corrected chi connectivity index (χ2v) is 18.5. The van der Waals surface area contributed by atoms with Crippen LogP contribution in [-0.4, -0.2) is 110 Å². The van der Waals surface area contributed by atoms with E-state index in [0.29, 0.717) is 43.8 Å². The lowest BCUT2D eigenvalue weighted by Crippen LogP contribution is -2.53. The van der Waals surface area contributed by atoms with Gasteiger partial charge in [-0.2, -0.15) is 0 Å². The van der Waals surface area contributed by atoms with E-state index >= 15 is 0 Å². The standard InChI is InChI=1S/C47H71NO11/c1-10-25(2)43-28(5)18-19-47(59-43)23-34-21-33(58-47)15-14-27(4)42(57-39-22-37(51-9)44(31(8)54-39)56-38-17-16-36(48)30(7)53-38)26(3)12-11-13-32-24-52-45-40(32)35(46(50)55-34)20-29(6)41(45)49/h11-14,18-20,25-26,28,30-31,33-45,49H,10,15-17,21-24,48H2,1-9H3/b12-11+,27-14+,32-13+/t25-,26-,28-,30-,31-,33+,34-,35+,36+,37-,38-,39-,40?,41+,42-,43+,44-,45-,47?/m0/s1. The topological polar surface area (TPSA) is 146 Å². The van der Waals surface area contributed by atoms with E-state index in [1.807, 2.05) is 45.1 Å². The summed E-state index contributed by atoms with van der Waals surface area (Å²) < 4.78 is 58.6. The summed E-state index contributed by atoms with van der Waals surface area (Å²) in [6.45, 7) is 17.0. The van der Waals surface area contributed by atoms with Gasteiger partial charge >= 0.3 is 5.97 Å². The number of rotatable bonds is 7. The minimum absolute atomic E-state index is 0.00185. The first kappa shape index (κ1) is 44.8. The van der Waals surface area contributed by atoms with Gasteiger partial charge in [-0.1, -0.05) is 70.6 Å². The van der Waals surface area contributed by atoms with Gasteiger partial charge in [0, 0.05) is 50.2 Å². The van der Waals surface area contributed by atoms with Gasteiger partial charge in [-0.05, 0) is 75.7 Å². The van der Waals surface area contributed by atoms with E-state index < -0.39 is 36.3 Å². The molecule has 7 rings (SSSR count). The van der Waals surface area contributed by atoms with Gasteiger partial charge in [0.1, 0.15) is 18.3 Å². The van der Waals surface area contributed by atoms with Crippen LogP contribution in [0.5, 0.6) is 0 Å². The maximum absolute atomic E-state index is 14.3. The number of carbonyl (C=O) groups is 1. The predicted molar refractivity (Wildman–Crippen MR) is 222 cm³/mol. The Labute approximate surface area is 351 Å². The second-order valence-electron chi connectivity index (χ2n) is 18.5. The third kappa shape index (κ3) is 9.88. The Morgan fingerprint density at radius 1 is 0.966 bits per heavy atom. The molecule has 12 heteroatoms. The minimum atomic E-state index is -1.03. The zero-order valence-electron chi connectivity index (χ0n) is 36.7. The first-order valence-corrected chi connectivity index (χ1v) is 22.4. The predicted octanol–water partition coefficient (Wildman–Crippen LogP) is 6.60. The van der Waals surface area contributed by atoms with Crippen molar-refractivity contribution in [2.75, 3.05) is 13.7 Å². The molecule has 1 spiro atoms. The van der Waals surface area contributed by atoms with Crippen molar-refractivity contribution in [3.63, 3.8) is 0 Å². The van der Waals surface area contributed by atoms with Crippen molar-refractivity contribution in [1.82, 2.24) is 0 Å². The molecule has 0 radical (unpaired) electrons. The molecule has 0 aromatic rings. The van der Waals surface area contributed by atoms with Crippen molar-refractivity contribution in [3.05, 3.63) is 59.3 Å². The number of methoxy groups -OCH3 is 1. The van der Waals surface area contributed by atoms with Gasteiger partial charge in [0.25, 0.3) is 0 Å². The number of esters is 1. The summed E-state index contributed by atoms with van der Waals surface area (Å²) in [6, 6.07) is -0.00185. The second kappa shape index (κ2) is 19.0. The Morgan fingerprint density at radius 2 is 1.75 bits per heavy atom. The Hall–Kier alpha value is -2.23. The van der Waals surface area contributed by atoms with Crippen LogP contribution in [0.4, 0.5) is 0 Å². The molecule has 1 aliphatic carbocycles. The molecule has 6 aliphatic heterocycles. The highest BCUT2D eigenvalue weighted by atomic mass is 16.7. The van der Waals surface area contributed by atoms with Gasteiger partial charge < -0.3 is 53.5 Å². The number of ether oxygens (including phenoxy) is 9. The summed E-state index contributed by atoms with van der Waals surface area (Å²) >= 11 is 0. The Balaban J connectivity index is 1.17. The highest BCUT2D eigenvalue weighted by Crippen LogP contribution is 2.45. The van der Waals surface area contributed by atoms with Crippen LogP contribution in [0, 0.1) is 29.6 Å². The van der Waals surface area contributed by atoms with Crippen LogP contribution in [-0.2, 0) is 47.4 Å². The lowest BCUT2D eigenvalue weighted by molar-refractivity contribution is -0.305. The zero-order chi connectivity index (χ0) is 42.2. The molecule has 3 N–H and O–H groups in total. The van der Waals surface area contributed by atoms with Gasteiger partial charge in [0.2, 0.25) is 0 Å². The van der Waals surface area contributed by atoms with Crippen LogP contribution in [0.25, 0.3) is 0 Å². The van der Waals surface area contributed by atoms with Crippen molar-refractivity contribution < 1.29 is 52.5 Å². The highest BCUT2D eigenvalue weighted by molar-refractivity contribution is 5.76. The van der Waals surface area contributed by atoms with Crippen LogP contribution < -0.4 is 5.73 Å². The molecular weight excluding hydrogens is 755 g/mol. The normalized spacial score (nSPS) is 48.5. The lowest BCUT2D eigenvalue weighted by Gasteiger charge is -2.48. The van der Waals surface area contributed by atoms with Crippen LogP contribution in [0.1, 0.15) is 100 Å². The number of aliphatic hydroxyl groups excluding tert-OH is 1. The molecule has 0 amide bonds. The summed E-state index contributed by atoms with van der Waals surface area (Å²) in [5, 5.41) is 11.2. The van der Waals surface area contributed by atoms with Gasteiger partial charge in [0.05, 0.1) is 55.3 Å². The smallest absolute Gasteiger partial charge is 0.313 e. The zero-order valence-corrected chi connectivity index (χ0v) is 36.7. The monoisotopic (exact) mass is 826 g/mol. The van der Waals surface area contributed by atoms with E-state index in [4.69, 9.17) is 48.4 Å². The van der Waals surface area contributed by atoms with E-state index in [1.54, 1.807) is 7.11 Å². The number of allylic oxidation sites excluding steroid dienone is 2. The number of nitrogens with two attached hydrogens (primary N) is 1. The average molecular weight is 826 g/mol. The number of carbonyl (C=O) groups excluding carboxylic acids is 1. The first-order valence-electron chi connectivity index (χ1n) is 22.4. The van der Waals surface area contributed by atoms with Gasteiger partial charge in [-0.25, -0.2) is 0 Å². The fourth-order valence-corrected chi connectivity index (χ4v) is 10.3. The SMILES string of the molecule is CC[C@H](C)[C@H]1OC2(C=C[C@@H]1C)C[C@@H]1C[C@@H](C/C=C(\C)[C@@H](O[C@H]3C[C@H](OC)[C@@H](O[C@H]4CC[C@@H](N)[C@H](C)O4)[C@H](C)O3)[C@@H](C)/C=C/C=C3\CO[C@H]4C3[C@@H](C=C(C)[C@H]4O)C(=O)O1)O2. The van der Waals surface area contributed by atoms with Crippen molar-refractivity contribution in [2.45, 2.75) is 186 Å². The van der Waals surface area contributed by atoms with E-state index in [9.17, 15) is 9.90 Å². The van der Waals surface area contributed by atoms with E-state index in [2.05, 4.69) is 52.8 Å². The third-order valence-corrected chi connectivity index (χ3v) is 14.1. The Morgan fingerprint density at radius 3 is 2.49 bits per heavy atom. The molecular formula is C47H71NO11. The summed E-state index contributed by atoms with van der Waals surface area (Å²) in [5.74, 6) is -1.83. The van der Waals surface area contributed by atoms with Crippen molar-refractivity contribution in [3.8, 4) is 0 Å². The Kier molecular flexibility index (Phi) is 14.5. The van der Waals surface area contributed by atoms with Gasteiger partial charge in [-0.15, -0.1) is 0 Å². The number of hydrogen-bond donors (Lipinski definition) is 2. The highest BCUT2D eigenvalue weighted by Gasteiger charge is 2.51. The molecule has 7 aliphatic rings. The van der Waals surface area contributed by atoms with Crippen LogP contribution in [0.3, 0.4) is 0 Å². The number of aliphatic hydroxyl groups is 1. The minimum Gasteiger partial charge on any atom is -0.462 e. The van der Waals surface area contributed by atoms with E-state index in [-0.39, 0.29) is 78.8 Å². The fraction of sp³-hybridized carbons (Fsp3) is 0.766. The average Bonchev–Trinajstić information content (AvgIpc) is 3.63. The van der Waals surface area contributed by atoms with Gasteiger partial charge in [0.15, 0.2) is 18.4 Å². The molecule has 0 aromatic heterocycles. The summed E-state index contributed by atoms with van der Waals surface area (Å²) in [7, 11) is 1.70. The molecule has 19 atom stereocenters. The molecule has 0 saturated carbocycles. The molecule has 59 heavy (non-hydrogen) atoms. The van der Waals surface area contributed by atoms with Crippen LogP contribution in [0.15, 0.2) is 59.3 Å². The maximum atomic E-state index is 14.3. The molecule has 12 nitrogen and oxygen atoms in total. The van der Waals surface area contributed by atoms with E-state index in [0.717, 1.165) is 30.4 Å². The summed E-state index contributed by atoms with van der Waals surface area (Å²) in [5.41, 5.74) is 8.90. The fourth-order valence-electron chi connectivity index (χ4n) is 10.3. The van der Waals surface area contributed by atoms with Gasteiger partial charge in [-0.3, -0.25) is 4.79 Å². The molecule has 0 aromatic carbocycles. The first-order chi connectivity index (χ1) is 28.2. The molecule has 6 heterocycles. The third-order valence-electron chi connectivity index (χ3n) is 14.1. The molecule has 2 bridgehead atoms. The molecule has 330 valence electrons. The van der Waals surface area contributed by atoms with E-state index in [1.165, 1.54) is 0 Å². The van der Waals surface area contributed by atoms with Crippen molar-refractivity contribution in [2.24, 2.45) is 35.3 Å². The largest absolute Gasteiger partial charge is 0.462 e. The molecule has 2 unspecified atom stereocenters. The molecule has 4 fully saturated rings.